The van der Waals surface area contributed by atoms with Crippen LogP contribution >= 0.6 is 0 Å². The number of hydrogen-bond donors (Lipinski definition) is 0. The maximum Gasteiger partial charge on any atom is 0.325 e. The van der Waals surface area contributed by atoms with E-state index in [4.69, 9.17) is 0 Å². The number of halogens is 1. The van der Waals surface area contributed by atoms with Gasteiger partial charge in [-0.05, 0) is 19.1 Å². The minimum Gasteiger partial charge on any atom is -0.468 e. The number of aromatic nitrogens is 1. The summed E-state index contributed by atoms with van der Waals surface area (Å²) in [5.74, 6) is -1.82. The maximum atomic E-state index is 13.9. The molecule has 1 aliphatic rings. The van der Waals surface area contributed by atoms with Crippen LogP contribution in [0.25, 0.3) is 10.9 Å². The quantitative estimate of drug-likeness (QED) is 0.770. The van der Waals surface area contributed by atoms with Crippen molar-refractivity contribution >= 4 is 28.7 Å². The first kappa shape index (κ1) is 17.8. The van der Waals surface area contributed by atoms with Crippen LogP contribution in [0, 0.1) is 5.82 Å². The van der Waals surface area contributed by atoms with Gasteiger partial charge in [0.2, 0.25) is 5.91 Å². The van der Waals surface area contributed by atoms with Crippen molar-refractivity contribution in [2.45, 2.75) is 13.0 Å². The molecule has 2 aromatic rings. The summed E-state index contributed by atoms with van der Waals surface area (Å²) in [5, 5.41) is 0.591. The van der Waals surface area contributed by atoms with Gasteiger partial charge in [-0.1, -0.05) is 18.2 Å². The molecule has 1 saturated heterocycles. The first-order valence-corrected chi connectivity index (χ1v) is 8.14. The van der Waals surface area contributed by atoms with Crippen molar-refractivity contribution in [3.8, 4) is 0 Å². The van der Waals surface area contributed by atoms with Crippen molar-refractivity contribution < 1.29 is 23.5 Å². The molecule has 1 aliphatic heterocycles. The number of rotatable bonds is 3. The van der Waals surface area contributed by atoms with Crippen LogP contribution < -0.4 is 0 Å². The highest BCUT2D eigenvalue weighted by atomic mass is 19.1. The fourth-order valence-corrected chi connectivity index (χ4v) is 2.96. The summed E-state index contributed by atoms with van der Waals surface area (Å²) in [6, 6.07) is 6.95. The standard InChI is InChI=1S/C18H18FN3O4/c1-11-17(24)21(10-15(23)26-2)8-9-22(11)18(25)14-7-6-12-4-3-5-13(19)16(12)20-14/h3-7,11H,8-10H2,1-2H3/t11-/m0/s1. The summed E-state index contributed by atoms with van der Waals surface area (Å²) in [4.78, 5) is 43.5. The number of pyridine rings is 1. The highest BCUT2D eigenvalue weighted by Crippen LogP contribution is 2.19. The number of esters is 1. The van der Waals surface area contributed by atoms with Gasteiger partial charge in [-0.3, -0.25) is 14.4 Å². The lowest BCUT2D eigenvalue weighted by Gasteiger charge is -2.38. The molecule has 0 radical (unpaired) electrons. The molecule has 0 aliphatic carbocycles. The average Bonchev–Trinajstić information content (AvgIpc) is 2.65. The van der Waals surface area contributed by atoms with Gasteiger partial charge >= 0.3 is 5.97 Å². The maximum absolute atomic E-state index is 13.9. The third kappa shape index (κ3) is 3.22. The van der Waals surface area contributed by atoms with Crippen LogP contribution in [0.4, 0.5) is 4.39 Å². The van der Waals surface area contributed by atoms with Gasteiger partial charge in [-0.2, -0.15) is 0 Å². The fourth-order valence-electron chi connectivity index (χ4n) is 2.96. The Kier molecular flexibility index (Phi) is 4.83. The lowest BCUT2D eigenvalue weighted by Crippen LogP contribution is -2.58. The minimum atomic E-state index is -0.751. The topological polar surface area (TPSA) is 79.8 Å². The lowest BCUT2D eigenvalue weighted by atomic mass is 10.1. The molecule has 1 atom stereocenters. The number of hydrogen-bond acceptors (Lipinski definition) is 5. The Labute approximate surface area is 149 Å². The summed E-state index contributed by atoms with van der Waals surface area (Å²) in [7, 11) is 1.25. The van der Waals surface area contributed by atoms with Crippen LogP contribution in [0.2, 0.25) is 0 Å². The van der Waals surface area contributed by atoms with E-state index in [1.54, 1.807) is 25.1 Å². The van der Waals surface area contributed by atoms with E-state index < -0.39 is 23.7 Å². The number of methoxy groups -OCH3 is 1. The number of fused-ring (bicyclic) bond motifs is 1. The van der Waals surface area contributed by atoms with E-state index in [0.717, 1.165) is 0 Å². The van der Waals surface area contributed by atoms with E-state index in [1.165, 1.54) is 29.0 Å². The molecule has 2 amide bonds. The van der Waals surface area contributed by atoms with Crippen LogP contribution in [-0.4, -0.2) is 65.4 Å². The first-order valence-electron chi connectivity index (χ1n) is 8.14. The summed E-state index contributed by atoms with van der Waals surface area (Å²) < 4.78 is 18.5. The molecular weight excluding hydrogens is 341 g/mol. The van der Waals surface area contributed by atoms with E-state index in [-0.39, 0.29) is 36.8 Å². The Hall–Kier alpha value is -3.03. The summed E-state index contributed by atoms with van der Waals surface area (Å²) in [6.07, 6.45) is 0. The Morgan fingerprint density at radius 1 is 1.27 bits per heavy atom. The number of ether oxygens (including phenoxy) is 1. The molecule has 2 heterocycles. The van der Waals surface area contributed by atoms with Crippen molar-refractivity contribution in [3.63, 3.8) is 0 Å². The molecule has 136 valence electrons. The smallest absolute Gasteiger partial charge is 0.325 e. The van der Waals surface area contributed by atoms with Crippen LogP contribution in [0.5, 0.6) is 0 Å². The molecule has 1 aromatic heterocycles. The fraction of sp³-hybridized carbons (Fsp3) is 0.333. The largest absolute Gasteiger partial charge is 0.468 e. The molecule has 1 fully saturated rings. The molecule has 1 aromatic carbocycles. The average molecular weight is 359 g/mol. The molecule has 7 nitrogen and oxygen atoms in total. The summed E-state index contributed by atoms with van der Waals surface area (Å²) >= 11 is 0. The zero-order valence-corrected chi connectivity index (χ0v) is 14.4. The molecule has 0 unspecified atom stereocenters. The van der Waals surface area contributed by atoms with E-state index in [9.17, 15) is 18.8 Å². The Balaban J connectivity index is 1.81. The molecule has 0 N–H and O–H groups in total. The van der Waals surface area contributed by atoms with Crippen molar-refractivity contribution in [1.82, 2.24) is 14.8 Å². The molecular formula is C18H18FN3O4. The number of benzene rings is 1. The Morgan fingerprint density at radius 2 is 2.04 bits per heavy atom. The lowest BCUT2D eigenvalue weighted by molar-refractivity contribution is -0.150. The summed E-state index contributed by atoms with van der Waals surface area (Å²) in [5.41, 5.74) is 0.185. The van der Waals surface area contributed by atoms with Crippen LogP contribution in [0.3, 0.4) is 0 Å². The third-order valence-corrected chi connectivity index (χ3v) is 4.45. The van der Waals surface area contributed by atoms with E-state index >= 15 is 0 Å². The van der Waals surface area contributed by atoms with Crippen LogP contribution in [0.15, 0.2) is 30.3 Å². The molecule has 0 bridgehead atoms. The number of para-hydroxylation sites is 1. The number of carbonyl (C=O) groups is 3. The number of carbonyl (C=O) groups excluding carboxylic acids is 3. The van der Waals surface area contributed by atoms with E-state index in [0.29, 0.717) is 5.39 Å². The third-order valence-electron chi connectivity index (χ3n) is 4.45. The minimum absolute atomic E-state index is 0.0728. The predicted octanol–water partition coefficient (Wildman–Crippen LogP) is 1.22. The highest BCUT2D eigenvalue weighted by Gasteiger charge is 2.36. The predicted molar refractivity (Wildman–Crippen MR) is 90.8 cm³/mol. The second-order valence-corrected chi connectivity index (χ2v) is 6.02. The van der Waals surface area contributed by atoms with Crippen molar-refractivity contribution in [2.24, 2.45) is 0 Å². The molecule has 0 spiro atoms. The molecule has 26 heavy (non-hydrogen) atoms. The Morgan fingerprint density at radius 3 is 2.77 bits per heavy atom. The van der Waals surface area contributed by atoms with Gasteiger partial charge in [0.25, 0.3) is 5.91 Å². The van der Waals surface area contributed by atoms with Gasteiger partial charge in [0, 0.05) is 18.5 Å². The number of piperazine rings is 1. The van der Waals surface area contributed by atoms with Gasteiger partial charge < -0.3 is 14.5 Å². The SMILES string of the molecule is COC(=O)CN1CCN(C(=O)c2ccc3cccc(F)c3n2)[C@@H](C)C1=O. The van der Waals surface area contributed by atoms with E-state index in [2.05, 4.69) is 9.72 Å². The van der Waals surface area contributed by atoms with Gasteiger partial charge in [-0.15, -0.1) is 0 Å². The first-order chi connectivity index (χ1) is 12.4. The monoisotopic (exact) mass is 359 g/mol. The number of nitrogens with zero attached hydrogens (tertiary/aromatic N) is 3. The van der Waals surface area contributed by atoms with Crippen molar-refractivity contribution in [2.75, 3.05) is 26.7 Å². The molecule has 3 rings (SSSR count). The zero-order chi connectivity index (χ0) is 18.8. The molecule has 8 heteroatoms. The Bertz CT molecular complexity index is 886. The highest BCUT2D eigenvalue weighted by molar-refractivity contribution is 5.98. The van der Waals surface area contributed by atoms with Crippen molar-refractivity contribution in [1.29, 1.82) is 0 Å². The van der Waals surface area contributed by atoms with Crippen LogP contribution in [0.1, 0.15) is 17.4 Å². The van der Waals surface area contributed by atoms with Crippen molar-refractivity contribution in [3.05, 3.63) is 41.8 Å². The van der Waals surface area contributed by atoms with Gasteiger partial charge in [-0.25, -0.2) is 9.37 Å². The second kappa shape index (κ2) is 7.07. The van der Waals surface area contributed by atoms with Gasteiger partial charge in [0.15, 0.2) is 0 Å². The van der Waals surface area contributed by atoms with Gasteiger partial charge in [0.1, 0.15) is 29.6 Å². The normalized spacial score (nSPS) is 17.5. The van der Waals surface area contributed by atoms with Gasteiger partial charge in [0.05, 0.1) is 7.11 Å². The van der Waals surface area contributed by atoms with Crippen LogP contribution in [-0.2, 0) is 14.3 Å². The van der Waals surface area contributed by atoms with E-state index in [1.807, 2.05) is 0 Å². The second-order valence-electron chi connectivity index (χ2n) is 6.02. The summed E-state index contributed by atoms with van der Waals surface area (Å²) in [6.45, 7) is 1.90. The zero-order valence-electron chi connectivity index (χ0n) is 14.4. The number of amides is 2. The molecule has 0 saturated carbocycles.